The zero-order valence-corrected chi connectivity index (χ0v) is 18.5. The van der Waals surface area contributed by atoms with E-state index in [0.29, 0.717) is 12.1 Å². The quantitative estimate of drug-likeness (QED) is 0.406. The van der Waals surface area contributed by atoms with Crippen LogP contribution in [-0.2, 0) is 20.3 Å². The Morgan fingerprint density at radius 2 is 1.38 bits per heavy atom. The van der Waals surface area contributed by atoms with Crippen LogP contribution in [0.3, 0.4) is 0 Å². The van der Waals surface area contributed by atoms with Crippen LogP contribution in [0.2, 0.25) is 0 Å². The van der Waals surface area contributed by atoms with Crippen molar-refractivity contribution in [3.8, 4) is 0 Å². The predicted molar refractivity (Wildman–Crippen MR) is 108 cm³/mol. The van der Waals surface area contributed by atoms with Crippen LogP contribution in [0, 0.1) is 11.7 Å². The summed E-state index contributed by atoms with van der Waals surface area (Å²) in [6, 6.07) is 5.66. The average molecular weight is 515 g/mol. The number of nitrogens with two attached hydrogens (primary N) is 1. The van der Waals surface area contributed by atoms with Gasteiger partial charge in [0.15, 0.2) is 9.84 Å². The number of alkyl halides is 7. The molecule has 0 heterocycles. The van der Waals surface area contributed by atoms with Gasteiger partial charge in [-0.15, -0.1) is 0 Å². The van der Waals surface area contributed by atoms with E-state index in [4.69, 9.17) is 5.73 Å². The molecule has 1 aliphatic rings. The van der Waals surface area contributed by atoms with Gasteiger partial charge in [-0.25, -0.2) is 17.2 Å². The van der Waals surface area contributed by atoms with Gasteiger partial charge in [-0.3, -0.25) is 0 Å². The normalized spacial score (nSPS) is 24.8. The van der Waals surface area contributed by atoms with E-state index in [1.807, 2.05) is 0 Å². The summed E-state index contributed by atoms with van der Waals surface area (Å²) in [5.74, 6) is -1.08. The molecule has 0 aromatic heterocycles. The van der Waals surface area contributed by atoms with Crippen LogP contribution >= 0.6 is 0 Å². The molecule has 0 saturated heterocycles. The SMILES string of the molecule is C[C@@H]1C[C@](c2ccc(C(F)(C(F)(F)F)C(F)(F)F)cc2)(S(=O)(=O)c2ccc(F)cc2)CCC1N. The minimum absolute atomic E-state index is 0.0864. The van der Waals surface area contributed by atoms with Crippen LogP contribution in [-0.4, -0.2) is 26.8 Å². The van der Waals surface area contributed by atoms with Gasteiger partial charge in [0.1, 0.15) is 10.6 Å². The summed E-state index contributed by atoms with van der Waals surface area (Å²) in [6.07, 6.45) is -12.6. The molecule has 3 atom stereocenters. The highest BCUT2D eigenvalue weighted by Gasteiger charge is 2.73. The highest BCUT2D eigenvalue weighted by atomic mass is 32.2. The third kappa shape index (κ3) is 4.08. The van der Waals surface area contributed by atoms with Crippen molar-refractivity contribution in [2.75, 3.05) is 0 Å². The van der Waals surface area contributed by atoms with E-state index in [1.54, 1.807) is 6.92 Å². The minimum atomic E-state index is -6.29. The molecule has 1 saturated carbocycles. The van der Waals surface area contributed by atoms with E-state index in [9.17, 15) is 43.5 Å². The summed E-state index contributed by atoms with van der Waals surface area (Å²) in [5.41, 5.74) is -1.45. The van der Waals surface area contributed by atoms with E-state index in [1.165, 1.54) is 0 Å². The highest BCUT2D eigenvalue weighted by Crippen LogP contribution is 2.54. The van der Waals surface area contributed by atoms with Crippen LogP contribution in [0.1, 0.15) is 37.3 Å². The van der Waals surface area contributed by atoms with E-state index in [2.05, 4.69) is 0 Å². The number of hydrogen-bond donors (Lipinski definition) is 1. The smallest absolute Gasteiger partial charge is 0.327 e. The molecule has 0 spiro atoms. The Kier molecular flexibility index (Phi) is 6.58. The number of benzene rings is 2. The van der Waals surface area contributed by atoms with Crippen molar-refractivity contribution in [2.24, 2.45) is 11.7 Å². The van der Waals surface area contributed by atoms with E-state index in [-0.39, 0.29) is 41.7 Å². The standard InChI is InChI=1S/C22H21F8NO2S/c1-13-12-19(11-10-18(13)31,34(32,33)17-8-6-16(23)7-9-17)14-2-4-15(5-3-14)20(24,21(25,26)27)22(28,29)30/h2-9,13,18H,10-12,31H2,1H3/t13-,18?,19-/m1/s1. The molecule has 0 aliphatic heterocycles. The Balaban J connectivity index is 2.18. The van der Waals surface area contributed by atoms with Crippen LogP contribution in [0.15, 0.2) is 53.4 Å². The molecule has 1 aliphatic carbocycles. The molecule has 3 rings (SSSR count). The van der Waals surface area contributed by atoms with Crippen molar-refractivity contribution in [1.29, 1.82) is 0 Å². The van der Waals surface area contributed by atoms with Gasteiger partial charge in [-0.05, 0) is 55.0 Å². The third-order valence-corrected chi connectivity index (χ3v) is 9.02. The number of hydrogen-bond acceptors (Lipinski definition) is 3. The molecule has 1 unspecified atom stereocenters. The lowest BCUT2D eigenvalue weighted by molar-refractivity contribution is -0.348. The van der Waals surface area contributed by atoms with Crippen LogP contribution in [0.4, 0.5) is 35.1 Å². The molecule has 1 fully saturated rings. The van der Waals surface area contributed by atoms with Crippen molar-refractivity contribution >= 4 is 9.84 Å². The van der Waals surface area contributed by atoms with Gasteiger partial charge < -0.3 is 5.73 Å². The van der Waals surface area contributed by atoms with Gasteiger partial charge in [0.2, 0.25) is 0 Å². The van der Waals surface area contributed by atoms with Crippen LogP contribution in [0.25, 0.3) is 0 Å². The van der Waals surface area contributed by atoms with Crippen molar-refractivity contribution in [3.63, 3.8) is 0 Å². The van der Waals surface area contributed by atoms with Crippen molar-refractivity contribution in [1.82, 2.24) is 0 Å². The molecule has 3 nitrogen and oxygen atoms in total. The summed E-state index contributed by atoms with van der Waals surface area (Å²) in [7, 11) is -4.32. The molecular weight excluding hydrogens is 494 g/mol. The molecule has 188 valence electrons. The van der Waals surface area contributed by atoms with Gasteiger partial charge in [0.25, 0.3) is 0 Å². The molecule has 12 heteroatoms. The molecule has 0 amide bonds. The average Bonchev–Trinajstić information content (AvgIpc) is 2.74. The molecule has 2 aromatic rings. The molecule has 34 heavy (non-hydrogen) atoms. The largest absolute Gasteiger partial charge is 0.435 e. The number of sulfone groups is 1. The first-order chi connectivity index (χ1) is 15.5. The molecule has 2 aromatic carbocycles. The Hall–Kier alpha value is -2.21. The zero-order valence-electron chi connectivity index (χ0n) is 17.7. The Morgan fingerprint density at radius 1 is 0.882 bits per heavy atom. The first kappa shape index (κ1) is 26.4. The van der Waals surface area contributed by atoms with Crippen molar-refractivity contribution < 1.29 is 43.5 Å². The van der Waals surface area contributed by atoms with Crippen molar-refractivity contribution in [3.05, 3.63) is 65.5 Å². The Morgan fingerprint density at radius 3 is 1.82 bits per heavy atom. The number of rotatable bonds is 4. The van der Waals surface area contributed by atoms with Crippen LogP contribution in [0.5, 0.6) is 0 Å². The lowest BCUT2D eigenvalue weighted by Gasteiger charge is -2.42. The minimum Gasteiger partial charge on any atom is -0.327 e. The molecule has 0 radical (unpaired) electrons. The second kappa shape index (κ2) is 8.47. The van der Waals surface area contributed by atoms with Gasteiger partial charge in [0, 0.05) is 11.6 Å². The number of halogens is 8. The van der Waals surface area contributed by atoms with E-state index >= 15 is 0 Å². The topological polar surface area (TPSA) is 60.2 Å². The maximum absolute atomic E-state index is 14.4. The third-order valence-electron chi connectivity index (χ3n) is 6.49. The lowest BCUT2D eigenvalue weighted by atomic mass is 9.75. The maximum atomic E-state index is 14.4. The first-order valence-electron chi connectivity index (χ1n) is 10.2. The van der Waals surface area contributed by atoms with Crippen LogP contribution < -0.4 is 5.73 Å². The monoisotopic (exact) mass is 515 g/mol. The molecule has 2 N–H and O–H groups in total. The summed E-state index contributed by atoms with van der Waals surface area (Å²) < 4.78 is 132. The first-order valence-corrected chi connectivity index (χ1v) is 11.6. The van der Waals surface area contributed by atoms with Gasteiger partial charge in [-0.2, -0.15) is 26.3 Å². The second-order valence-corrected chi connectivity index (χ2v) is 10.8. The fraction of sp³-hybridized carbons (Fsp3) is 0.455. The Bertz CT molecular complexity index is 1110. The van der Waals surface area contributed by atoms with Gasteiger partial charge in [-0.1, -0.05) is 31.2 Å². The highest BCUT2D eigenvalue weighted by molar-refractivity contribution is 7.92. The summed E-state index contributed by atoms with van der Waals surface area (Å²) >= 11 is 0. The van der Waals surface area contributed by atoms with Gasteiger partial charge >= 0.3 is 18.0 Å². The second-order valence-electron chi connectivity index (χ2n) is 8.57. The lowest BCUT2D eigenvalue weighted by Crippen LogP contribution is -2.50. The maximum Gasteiger partial charge on any atom is 0.435 e. The van der Waals surface area contributed by atoms with Gasteiger partial charge in [0.05, 0.1) is 4.90 Å². The van der Waals surface area contributed by atoms with Crippen molar-refractivity contribution in [2.45, 2.75) is 59.9 Å². The summed E-state index contributed by atoms with van der Waals surface area (Å²) in [6.45, 7) is 1.67. The fourth-order valence-corrected chi connectivity index (χ4v) is 6.71. The zero-order chi connectivity index (χ0) is 25.7. The summed E-state index contributed by atoms with van der Waals surface area (Å²) in [5, 5.41) is 0. The molecule has 0 bridgehead atoms. The van der Waals surface area contributed by atoms with E-state index < -0.39 is 44.0 Å². The Labute approximate surface area is 190 Å². The molecular formula is C22H21F8NO2S. The predicted octanol–water partition coefficient (Wildman–Crippen LogP) is 5.93. The van der Waals surface area contributed by atoms with E-state index in [0.717, 1.165) is 36.4 Å². The summed E-state index contributed by atoms with van der Waals surface area (Å²) in [4.78, 5) is -0.272. The fourth-order valence-electron chi connectivity index (χ4n) is 4.45.